The van der Waals surface area contributed by atoms with Gasteiger partial charge in [0.25, 0.3) is 0 Å². The third-order valence-corrected chi connectivity index (χ3v) is 2.42. The Labute approximate surface area is 112 Å². The SMILES string of the molecule is CC(C)(C)OC(=O)N1CC=C(C(=O)OCCl)CC1. The fraction of sp³-hybridized carbons (Fsp3) is 0.667. The van der Waals surface area contributed by atoms with Crippen LogP contribution >= 0.6 is 11.6 Å². The summed E-state index contributed by atoms with van der Waals surface area (Å²) in [5.41, 5.74) is 0.0361. The van der Waals surface area contributed by atoms with E-state index in [0.29, 0.717) is 25.1 Å². The van der Waals surface area contributed by atoms with E-state index in [1.807, 2.05) is 20.8 Å². The number of carbonyl (C=O) groups excluding carboxylic acids is 2. The van der Waals surface area contributed by atoms with Crippen LogP contribution in [-0.4, -0.2) is 41.7 Å². The van der Waals surface area contributed by atoms with Gasteiger partial charge in [-0.05, 0) is 27.2 Å². The summed E-state index contributed by atoms with van der Waals surface area (Å²) in [6, 6.07) is -0.161. The molecule has 0 aromatic rings. The average Bonchev–Trinajstić information content (AvgIpc) is 2.27. The van der Waals surface area contributed by atoms with E-state index >= 15 is 0 Å². The number of hydrogen-bond acceptors (Lipinski definition) is 4. The van der Waals surface area contributed by atoms with Gasteiger partial charge >= 0.3 is 12.1 Å². The molecule has 5 nitrogen and oxygen atoms in total. The average molecular weight is 276 g/mol. The molecule has 0 aromatic carbocycles. The number of nitrogens with zero attached hydrogens (tertiary/aromatic N) is 1. The van der Waals surface area contributed by atoms with Crippen molar-refractivity contribution in [2.24, 2.45) is 0 Å². The number of esters is 1. The summed E-state index contributed by atoms with van der Waals surface area (Å²) in [5.74, 6) is -0.422. The lowest BCUT2D eigenvalue weighted by Crippen LogP contribution is -2.39. The minimum Gasteiger partial charge on any atom is -0.446 e. The Hall–Kier alpha value is -1.23. The molecule has 1 aliphatic rings. The first-order valence-corrected chi connectivity index (χ1v) is 6.27. The molecule has 0 aromatic heterocycles. The van der Waals surface area contributed by atoms with Gasteiger partial charge in [-0.3, -0.25) is 0 Å². The zero-order valence-electron chi connectivity index (χ0n) is 10.9. The van der Waals surface area contributed by atoms with E-state index in [9.17, 15) is 9.59 Å². The van der Waals surface area contributed by atoms with E-state index < -0.39 is 11.6 Å². The molecule has 0 bridgehead atoms. The van der Waals surface area contributed by atoms with E-state index in [2.05, 4.69) is 4.74 Å². The Morgan fingerprint density at radius 2 is 2.11 bits per heavy atom. The molecule has 0 N–H and O–H groups in total. The monoisotopic (exact) mass is 275 g/mol. The first-order valence-electron chi connectivity index (χ1n) is 5.73. The standard InChI is InChI=1S/C12H18ClNO4/c1-12(2,3)18-11(16)14-6-4-9(5-7-14)10(15)17-8-13/h4H,5-8H2,1-3H3. The molecule has 0 unspecified atom stereocenters. The molecular weight excluding hydrogens is 258 g/mol. The quantitative estimate of drug-likeness (QED) is 0.573. The predicted molar refractivity (Wildman–Crippen MR) is 67.3 cm³/mol. The van der Waals surface area contributed by atoms with Gasteiger partial charge in [-0.25, -0.2) is 9.59 Å². The van der Waals surface area contributed by atoms with Crippen LogP contribution in [0.1, 0.15) is 27.2 Å². The molecule has 0 fully saturated rings. The van der Waals surface area contributed by atoms with E-state index in [1.54, 1.807) is 11.0 Å². The number of ether oxygens (including phenoxy) is 2. The smallest absolute Gasteiger partial charge is 0.410 e. The largest absolute Gasteiger partial charge is 0.446 e. The summed E-state index contributed by atoms with van der Waals surface area (Å²) >= 11 is 5.31. The van der Waals surface area contributed by atoms with Gasteiger partial charge in [-0.2, -0.15) is 0 Å². The maximum Gasteiger partial charge on any atom is 0.410 e. The highest BCUT2D eigenvalue weighted by Gasteiger charge is 2.25. The molecular formula is C12H18ClNO4. The normalized spacial score (nSPS) is 16.0. The van der Waals surface area contributed by atoms with Crippen LogP contribution in [0, 0.1) is 0 Å². The van der Waals surface area contributed by atoms with Crippen molar-refractivity contribution in [3.8, 4) is 0 Å². The van der Waals surface area contributed by atoms with E-state index in [0.717, 1.165) is 0 Å². The number of rotatable bonds is 2. The van der Waals surface area contributed by atoms with Gasteiger partial charge in [0.15, 0.2) is 6.07 Å². The zero-order chi connectivity index (χ0) is 13.8. The molecule has 6 heteroatoms. The highest BCUT2D eigenvalue weighted by Crippen LogP contribution is 2.16. The van der Waals surface area contributed by atoms with E-state index in [1.165, 1.54) is 0 Å². The fourth-order valence-corrected chi connectivity index (χ4v) is 1.59. The number of amides is 1. The summed E-state index contributed by atoms with van der Waals surface area (Å²) in [6.45, 7) is 6.23. The molecule has 0 aliphatic carbocycles. The fourth-order valence-electron chi connectivity index (χ4n) is 1.49. The van der Waals surface area contributed by atoms with Crippen molar-refractivity contribution in [3.05, 3.63) is 11.6 Å². The summed E-state index contributed by atoms with van der Waals surface area (Å²) in [4.78, 5) is 24.7. The van der Waals surface area contributed by atoms with Crippen molar-refractivity contribution in [1.29, 1.82) is 0 Å². The minimum absolute atomic E-state index is 0.161. The van der Waals surface area contributed by atoms with Crippen molar-refractivity contribution in [1.82, 2.24) is 4.90 Å². The van der Waals surface area contributed by atoms with E-state index in [-0.39, 0.29) is 12.2 Å². The Balaban J connectivity index is 2.52. The second-order valence-corrected chi connectivity index (χ2v) is 5.16. The molecule has 0 radical (unpaired) electrons. The summed E-state index contributed by atoms with van der Waals surface area (Å²) in [6.07, 6.45) is 1.75. The Morgan fingerprint density at radius 3 is 2.56 bits per heavy atom. The van der Waals surface area contributed by atoms with Gasteiger partial charge in [0, 0.05) is 18.7 Å². The molecule has 0 spiro atoms. The molecule has 102 valence electrons. The predicted octanol–water partition coefficient (Wildman–Crippen LogP) is 2.29. The number of hydrogen-bond donors (Lipinski definition) is 0. The van der Waals surface area contributed by atoms with Crippen LogP contribution in [0.2, 0.25) is 0 Å². The second-order valence-electron chi connectivity index (χ2n) is 4.95. The van der Waals surface area contributed by atoms with Crippen LogP contribution in [0.25, 0.3) is 0 Å². The lowest BCUT2D eigenvalue weighted by atomic mass is 10.1. The second kappa shape index (κ2) is 6.09. The van der Waals surface area contributed by atoms with Gasteiger partial charge in [-0.1, -0.05) is 17.7 Å². The van der Waals surface area contributed by atoms with Crippen LogP contribution in [0.15, 0.2) is 11.6 Å². The molecule has 18 heavy (non-hydrogen) atoms. The topological polar surface area (TPSA) is 55.8 Å². The van der Waals surface area contributed by atoms with E-state index in [4.69, 9.17) is 16.3 Å². The van der Waals surface area contributed by atoms with Crippen molar-refractivity contribution in [3.63, 3.8) is 0 Å². The molecule has 1 rings (SSSR count). The molecule has 1 amide bonds. The molecule has 1 heterocycles. The van der Waals surface area contributed by atoms with Crippen molar-refractivity contribution >= 4 is 23.7 Å². The number of alkyl halides is 1. The van der Waals surface area contributed by atoms with Crippen molar-refractivity contribution in [2.45, 2.75) is 32.8 Å². The minimum atomic E-state index is -0.515. The maximum atomic E-state index is 11.8. The van der Waals surface area contributed by atoms with Crippen LogP contribution in [0.5, 0.6) is 0 Å². The molecule has 0 saturated heterocycles. The van der Waals surface area contributed by atoms with Crippen LogP contribution in [-0.2, 0) is 14.3 Å². The van der Waals surface area contributed by atoms with Crippen molar-refractivity contribution in [2.75, 3.05) is 19.2 Å². The first kappa shape index (κ1) is 14.8. The molecule has 1 aliphatic heterocycles. The van der Waals surface area contributed by atoms with Crippen molar-refractivity contribution < 1.29 is 19.1 Å². The molecule has 0 atom stereocenters. The lowest BCUT2D eigenvalue weighted by Gasteiger charge is -2.29. The summed E-state index contributed by atoms with van der Waals surface area (Å²) < 4.78 is 9.92. The number of halogens is 1. The van der Waals surface area contributed by atoms with Crippen LogP contribution in [0.4, 0.5) is 4.79 Å². The maximum absolute atomic E-state index is 11.8. The highest BCUT2D eigenvalue weighted by atomic mass is 35.5. The van der Waals surface area contributed by atoms with Gasteiger partial charge in [0.1, 0.15) is 5.60 Å². The summed E-state index contributed by atoms with van der Waals surface area (Å²) in [5, 5.41) is 0. The third kappa shape index (κ3) is 4.56. The first-order chi connectivity index (χ1) is 8.33. The Morgan fingerprint density at radius 1 is 1.44 bits per heavy atom. The summed E-state index contributed by atoms with van der Waals surface area (Å²) in [7, 11) is 0. The van der Waals surface area contributed by atoms with Gasteiger partial charge in [-0.15, -0.1) is 0 Å². The van der Waals surface area contributed by atoms with Gasteiger partial charge < -0.3 is 14.4 Å². The highest BCUT2D eigenvalue weighted by molar-refractivity contribution is 6.17. The number of carbonyl (C=O) groups is 2. The van der Waals surface area contributed by atoms with Gasteiger partial charge in [0.2, 0.25) is 0 Å². The molecule has 0 saturated carbocycles. The zero-order valence-corrected chi connectivity index (χ0v) is 11.6. The lowest BCUT2D eigenvalue weighted by molar-refractivity contribution is -0.137. The van der Waals surface area contributed by atoms with Gasteiger partial charge in [0.05, 0.1) is 0 Å². The van der Waals surface area contributed by atoms with Crippen LogP contribution in [0.3, 0.4) is 0 Å². The van der Waals surface area contributed by atoms with Crippen LogP contribution < -0.4 is 0 Å². The Kier molecular flexibility index (Phi) is 5.02. The Bertz CT molecular complexity index is 360. The third-order valence-electron chi connectivity index (χ3n) is 2.31.